The van der Waals surface area contributed by atoms with E-state index < -0.39 is 0 Å². The minimum absolute atomic E-state index is 0.0879. The minimum Gasteiger partial charge on any atom is -0.391 e. The standard InChI is InChI=1S/C11H16N2O2/c14-10-4-3-7-13(8-10)11(15)9-12-5-1-2-6-12/h1-2,5-6,10,14H,3-4,7-9H2/t10-/m0/s1. The van der Waals surface area contributed by atoms with Gasteiger partial charge in [-0.1, -0.05) is 0 Å². The predicted octanol–water partition coefficient (Wildman–Crippen LogP) is 0.471. The van der Waals surface area contributed by atoms with E-state index in [1.165, 1.54) is 0 Å². The first-order valence-corrected chi connectivity index (χ1v) is 5.32. The maximum Gasteiger partial charge on any atom is 0.242 e. The molecule has 0 saturated carbocycles. The Balaban J connectivity index is 1.90. The average molecular weight is 208 g/mol. The smallest absolute Gasteiger partial charge is 0.242 e. The summed E-state index contributed by atoms with van der Waals surface area (Å²) in [5.41, 5.74) is 0. The van der Waals surface area contributed by atoms with Gasteiger partial charge in [-0.3, -0.25) is 4.79 Å². The van der Waals surface area contributed by atoms with Crippen LogP contribution in [0.3, 0.4) is 0 Å². The molecule has 0 unspecified atom stereocenters. The van der Waals surface area contributed by atoms with Gasteiger partial charge in [-0.2, -0.15) is 0 Å². The number of likely N-dealkylation sites (tertiary alicyclic amines) is 1. The third-order valence-electron chi connectivity index (χ3n) is 2.73. The van der Waals surface area contributed by atoms with E-state index in [-0.39, 0.29) is 12.0 Å². The van der Waals surface area contributed by atoms with Crippen LogP contribution in [0.4, 0.5) is 0 Å². The van der Waals surface area contributed by atoms with E-state index in [9.17, 15) is 9.90 Å². The van der Waals surface area contributed by atoms with Crippen LogP contribution in [0.2, 0.25) is 0 Å². The van der Waals surface area contributed by atoms with E-state index in [1.54, 1.807) is 4.90 Å². The summed E-state index contributed by atoms with van der Waals surface area (Å²) in [5.74, 6) is 0.0879. The van der Waals surface area contributed by atoms with E-state index in [1.807, 2.05) is 29.1 Å². The largest absolute Gasteiger partial charge is 0.391 e. The summed E-state index contributed by atoms with van der Waals surface area (Å²) in [6.07, 6.45) is 5.12. The summed E-state index contributed by atoms with van der Waals surface area (Å²) in [5, 5.41) is 9.45. The van der Waals surface area contributed by atoms with E-state index in [2.05, 4.69) is 0 Å². The van der Waals surface area contributed by atoms with Crippen LogP contribution in [0.1, 0.15) is 12.8 Å². The van der Waals surface area contributed by atoms with Gasteiger partial charge in [0.25, 0.3) is 0 Å². The molecule has 1 fully saturated rings. The van der Waals surface area contributed by atoms with Gasteiger partial charge >= 0.3 is 0 Å². The zero-order valence-corrected chi connectivity index (χ0v) is 8.67. The first-order chi connectivity index (χ1) is 7.25. The molecule has 0 aliphatic carbocycles. The van der Waals surface area contributed by atoms with Crippen molar-refractivity contribution < 1.29 is 9.90 Å². The number of hydrogen-bond acceptors (Lipinski definition) is 2. The Hall–Kier alpha value is -1.29. The maximum absolute atomic E-state index is 11.8. The van der Waals surface area contributed by atoms with Crippen LogP contribution in [0.25, 0.3) is 0 Å². The Kier molecular flexibility index (Phi) is 3.06. The van der Waals surface area contributed by atoms with Crippen molar-refractivity contribution in [3.8, 4) is 0 Å². The molecule has 1 aliphatic heterocycles. The van der Waals surface area contributed by atoms with Crippen LogP contribution in [0, 0.1) is 0 Å². The number of carbonyl (C=O) groups is 1. The van der Waals surface area contributed by atoms with Crippen LogP contribution in [-0.4, -0.2) is 39.7 Å². The normalized spacial score (nSPS) is 21.7. The number of aliphatic hydroxyl groups excluding tert-OH is 1. The van der Waals surface area contributed by atoms with Crippen molar-refractivity contribution in [3.05, 3.63) is 24.5 Å². The van der Waals surface area contributed by atoms with Gasteiger partial charge in [0, 0.05) is 25.5 Å². The number of amides is 1. The van der Waals surface area contributed by atoms with E-state index >= 15 is 0 Å². The Morgan fingerprint density at radius 1 is 1.40 bits per heavy atom. The Morgan fingerprint density at radius 2 is 2.13 bits per heavy atom. The number of rotatable bonds is 2. The number of aliphatic hydroxyl groups is 1. The van der Waals surface area contributed by atoms with Crippen LogP contribution < -0.4 is 0 Å². The van der Waals surface area contributed by atoms with Crippen LogP contribution in [0.15, 0.2) is 24.5 Å². The third kappa shape index (κ3) is 2.59. The van der Waals surface area contributed by atoms with Gasteiger partial charge in [-0.15, -0.1) is 0 Å². The summed E-state index contributed by atoms with van der Waals surface area (Å²) >= 11 is 0. The van der Waals surface area contributed by atoms with Crippen molar-refractivity contribution in [3.63, 3.8) is 0 Å². The molecule has 1 amide bonds. The zero-order valence-electron chi connectivity index (χ0n) is 8.67. The fourth-order valence-electron chi connectivity index (χ4n) is 1.91. The lowest BCUT2D eigenvalue weighted by atomic mass is 10.1. The third-order valence-corrected chi connectivity index (χ3v) is 2.73. The molecule has 0 bridgehead atoms. The number of hydrogen-bond donors (Lipinski definition) is 1. The molecule has 1 aromatic rings. The second-order valence-electron chi connectivity index (χ2n) is 3.99. The summed E-state index contributed by atoms with van der Waals surface area (Å²) in [7, 11) is 0. The Labute approximate surface area is 89.1 Å². The lowest BCUT2D eigenvalue weighted by Gasteiger charge is -2.30. The number of β-amino-alcohol motifs (C(OH)–C–C–N with tert-alkyl or cyclic N) is 1. The second kappa shape index (κ2) is 4.49. The van der Waals surface area contributed by atoms with Gasteiger partial charge in [0.2, 0.25) is 5.91 Å². The Morgan fingerprint density at radius 3 is 2.80 bits per heavy atom. The number of piperidine rings is 1. The SMILES string of the molecule is O=C(Cn1cccc1)N1CCC[C@H](O)C1. The number of nitrogens with zero attached hydrogens (tertiary/aromatic N) is 2. The van der Waals surface area contributed by atoms with Crippen molar-refractivity contribution in [2.75, 3.05) is 13.1 Å². The quantitative estimate of drug-likeness (QED) is 0.768. The molecule has 1 aliphatic rings. The van der Waals surface area contributed by atoms with Crippen molar-refractivity contribution in [2.24, 2.45) is 0 Å². The zero-order chi connectivity index (χ0) is 10.7. The highest BCUT2D eigenvalue weighted by Gasteiger charge is 2.21. The van der Waals surface area contributed by atoms with Crippen LogP contribution in [-0.2, 0) is 11.3 Å². The van der Waals surface area contributed by atoms with Crippen molar-refractivity contribution >= 4 is 5.91 Å². The molecule has 0 aromatic carbocycles. The second-order valence-corrected chi connectivity index (χ2v) is 3.99. The fraction of sp³-hybridized carbons (Fsp3) is 0.545. The molecule has 0 spiro atoms. The maximum atomic E-state index is 11.8. The molecule has 2 heterocycles. The molecule has 2 rings (SSSR count). The minimum atomic E-state index is -0.340. The summed E-state index contributed by atoms with van der Waals surface area (Å²) in [6, 6.07) is 3.80. The van der Waals surface area contributed by atoms with Crippen molar-refractivity contribution in [1.82, 2.24) is 9.47 Å². The summed E-state index contributed by atoms with van der Waals surface area (Å²) < 4.78 is 1.85. The molecule has 82 valence electrons. The van der Waals surface area contributed by atoms with Gasteiger partial charge < -0.3 is 14.6 Å². The van der Waals surface area contributed by atoms with Crippen molar-refractivity contribution in [2.45, 2.75) is 25.5 Å². The first-order valence-electron chi connectivity index (χ1n) is 5.32. The van der Waals surface area contributed by atoms with E-state index in [4.69, 9.17) is 0 Å². The summed E-state index contributed by atoms with van der Waals surface area (Å²) in [4.78, 5) is 13.5. The molecule has 1 aromatic heterocycles. The predicted molar refractivity (Wildman–Crippen MR) is 56.3 cm³/mol. The molecule has 0 radical (unpaired) electrons. The highest BCUT2D eigenvalue weighted by atomic mass is 16.3. The highest BCUT2D eigenvalue weighted by molar-refractivity contribution is 5.76. The lowest BCUT2D eigenvalue weighted by molar-refractivity contribution is -0.134. The average Bonchev–Trinajstić information content (AvgIpc) is 2.70. The van der Waals surface area contributed by atoms with Crippen LogP contribution in [0.5, 0.6) is 0 Å². The molecule has 1 N–H and O–H groups in total. The monoisotopic (exact) mass is 208 g/mol. The van der Waals surface area contributed by atoms with Gasteiger partial charge in [0.1, 0.15) is 6.54 Å². The molecule has 4 nitrogen and oxygen atoms in total. The molecule has 4 heteroatoms. The van der Waals surface area contributed by atoms with E-state index in [0.717, 1.165) is 19.4 Å². The molecule has 1 atom stereocenters. The van der Waals surface area contributed by atoms with E-state index in [0.29, 0.717) is 13.1 Å². The van der Waals surface area contributed by atoms with Gasteiger partial charge in [0.15, 0.2) is 0 Å². The molecular weight excluding hydrogens is 192 g/mol. The molecular formula is C11H16N2O2. The van der Waals surface area contributed by atoms with Gasteiger partial charge in [0.05, 0.1) is 6.10 Å². The van der Waals surface area contributed by atoms with Gasteiger partial charge in [-0.05, 0) is 25.0 Å². The highest BCUT2D eigenvalue weighted by Crippen LogP contribution is 2.10. The molecule has 1 saturated heterocycles. The lowest BCUT2D eigenvalue weighted by Crippen LogP contribution is -2.43. The molecule has 15 heavy (non-hydrogen) atoms. The van der Waals surface area contributed by atoms with Crippen LogP contribution >= 0.6 is 0 Å². The summed E-state index contributed by atoms with van der Waals surface area (Å²) in [6.45, 7) is 1.64. The number of aromatic nitrogens is 1. The Bertz CT molecular complexity index is 321. The van der Waals surface area contributed by atoms with Crippen molar-refractivity contribution in [1.29, 1.82) is 0 Å². The fourth-order valence-corrected chi connectivity index (χ4v) is 1.91. The number of carbonyl (C=O) groups excluding carboxylic acids is 1. The topological polar surface area (TPSA) is 45.5 Å². The van der Waals surface area contributed by atoms with Gasteiger partial charge in [-0.25, -0.2) is 0 Å². The first kappa shape index (κ1) is 10.2.